The highest BCUT2D eigenvalue weighted by Crippen LogP contribution is 2.45. The Kier molecular flexibility index (Phi) is 6.50. The molecule has 5 rings (SSSR count). The Balaban J connectivity index is 1.33. The highest BCUT2D eigenvalue weighted by atomic mass is 16.3. The van der Waals surface area contributed by atoms with E-state index < -0.39 is 0 Å². The number of rotatable bonds is 5. The van der Waals surface area contributed by atoms with Crippen LogP contribution in [0.5, 0.6) is 0 Å². The summed E-state index contributed by atoms with van der Waals surface area (Å²) >= 11 is 0. The molecule has 0 spiro atoms. The molecule has 1 aliphatic carbocycles. The van der Waals surface area contributed by atoms with Crippen LogP contribution in [-0.2, 0) is 6.54 Å². The quantitative estimate of drug-likeness (QED) is 0.551. The maximum atomic E-state index is 5.26. The van der Waals surface area contributed by atoms with E-state index in [0.717, 1.165) is 32.7 Å². The number of anilines is 2. The summed E-state index contributed by atoms with van der Waals surface area (Å²) in [5.74, 6) is 0.715. The smallest absolute Gasteiger partial charge is 0.0947 e. The van der Waals surface area contributed by atoms with E-state index in [1.54, 1.807) is 11.8 Å². The van der Waals surface area contributed by atoms with Gasteiger partial charge in [-0.05, 0) is 86.1 Å². The zero-order valence-electron chi connectivity index (χ0n) is 20.2. The number of furan rings is 1. The summed E-state index contributed by atoms with van der Waals surface area (Å²) in [6, 6.07) is 9.55. The van der Waals surface area contributed by atoms with Gasteiger partial charge in [-0.25, -0.2) is 0 Å². The van der Waals surface area contributed by atoms with E-state index in [4.69, 9.17) is 4.42 Å². The van der Waals surface area contributed by atoms with E-state index in [-0.39, 0.29) is 0 Å². The van der Waals surface area contributed by atoms with Crippen molar-refractivity contribution in [1.29, 1.82) is 0 Å². The molecular formula is C28H41N3O. The van der Waals surface area contributed by atoms with Crippen molar-refractivity contribution in [1.82, 2.24) is 4.90 Å². The summed E-state index contributed by atoms with van der Waals surface area (Å²) < 4.78 is 5.26. The van der Waals surface area contributed by atoms with Crippen LogP contribution in [0.1, 0.15) is 75.8 Å². The molecule has 2 saturated heterocycles. The molecular weight excluding hydrogens is 394 g/mol. The van der Waals surface area contributed by atoms with Gasteiger partial charge in [-0.15, -0.1) is 0 Å². The molecule has 0 bridgehead atoms. The van der Waals surface area contributed by atoms with Crippen molar-refractivity contribution in [3.63, 3.8) is 0 Å². The van der Waals surface area contributed by atoms with Crippen molar-refractivity contribution in [2.24, 2.45) is 5.41 Å². The average Bonchev–Trinajstić information content (AvgIpc) is 3.33. The highest BCUT2D eigenvalue weighted by Gasteiger charge is 2.31. The van der Waals surface area contributed by atoms with Crippen LogP contribution in [0.15, 0.2) is 41.2 Å². The van der Waals surface area contributed by atoms with E-state index in [9.17, 15) is 0 Å². The van der Waals surface area contributed by atoms with Gasteiger partial charge in [0, 0.05) is 62.8 Å². The lowest BCUT2D eigenvalue weighted by molar-refractivity contribution is 0.224. The minimum atomic E-state index is 0.514. The lowest BCUT2D eigenvalue weighted by atomic mass is 9.71. The summed E-state index contributed by atoms with van der Waals surface area (Å²) in [6.07, 6.45) is 13.1. The third-order valence-electron chi connectivity index (χ3n) is 8.21. The predicted molar refractivity (Wildman–Crippen MR) is 134 cm³/mol. The van der Waals surface area contributed by atoms with Crippen LogP contribution in [0.2, 0.25) is 0 Å². The average molecular weight is 436 g/mol. The summed E-state index contributed by atoms with van der Waals surface area (Å²) in [5, 5.41) is 0. The standard InChI is InChI=1S/C28H41N3O/c1-28(2)11-8-24(9-12-28)26-20-25(30-13-4-3-5-14-30)6-7-27(26)31-17-15-29(16-18-31)21-23-10-19-32-22-23/h6-7,10,19-20,22,24H,3-5,8-9,11-18,21H2,1-2H3. The van der Waals surface area contributed by atoms with Gasteiger partial charge in [0.2, 0.25) is 0 Å². The second kappa shape index (κ2) is 9.51. The van der Waals surface area contributed by atoms with Gasteiger partial charge in [-0.3, -0.25) is 4.90 Å². The zero-order chi connectivity index (χ0) is 22.0. The van der Waals surface area contributed by atoms with Gasteiger partial charge in [-0.1, -0.05) is 13.8 Å². The highest BCUT2D eigenvalue weighted by molar-refractivity contribution is 5.63. The van der Waals surface area contributed by atoms with E-state index in [1.807, 2.05) is 6.26 Å². The van der Waals surface area contributed by atoms with E-state index >= 15 is 0 Å². The lowest BCUT2D eigenvalue weighted by Gasteiger charge is -2.40. The molecule has 0 N–H and O–H groups in total. The Morgan fingerprint density at radius 1 is 0.875 bits per heavy atom. The molecule has 2 aliphatic heterocycles. The zero-order valence-corrected chi connectivity index (χ0v) is 20.2. The van der Waals surface area contributed by atoms with Crippen LogP contribution >= 0.6 is 0 Å². The molecule has 1 aromatic carbocycles. The summed E-state index contributed by atoms with van der Waals surface area (Å²) in [7, 11) is 0. The number of benzene rings is 1. The fraction of sp³-hybridized carbons (Fsp3) is 0.643. The Labute approximate surface area is 194 Å². The Morgan fingerprint density at radius 2 is 1.62 bits per heavy atom. The first-order valence-corrected chi connectivity index (χ1v) is 12.9. The Bertz CT molecular complexity index is 851. The molecule has 174 valence electrons. The molecule has 0 atom stereocenters. The topological polar surface area (TPSA) is 22.9 Å². The molecule has 1 saturated carbocycles. The van der Waals surface area contributed by atoms with Crippen LogP contribution < -0.4 is 9.80 Å². The maximum Gasteiger partial charge on any atom is 0.0947 e. The Morgan fingerprint density at radius 3 is 2.31 bits per heavy atom. The lowest BCUT2D eigenvalue weighted by Crippen LogP contribution is -2.46. The van der Waals surface area contributed by atoms with Gasteiger partial charge in [0.1, 0.15) is 0 Å². The summed E-state index contributed by atoms with van der Waals surface area (Å²) in [5.41, 5.74) is 6.41. The number of piperazine rings is 1. The number of piperidine rings is 1. The van der Waals surface area contributed by atoms with Crippen LogP contribution in [0.3, 0.4) is 0 Å². The van der Waals surface area contributed by atoms with Crippen LogP contribution in [0.4, 0.5) is 11.4 Å². The van der Waals surface area contributed by atoms with Crippen molar-refractivity contribution in [2.75, 3.05) is 49.1 Å². The van der Waals surface area contributed by atoms with Crippen LogP contribution in [0, 0.1) is 5.41 Å². The number of nitrogens with zero attached hydrogens (tertiary/aromatic N) is 3. The third-order valence-corrected chi connectivity index (χ3v) is 8.21. The van der Waals surface area contributed by atoms with Gasteiger partial charge < -0.3 is 14.2 Å². The molecule has 3 fully saturated rings. The molecule has 3 aliphatic rings. The first-order chi connectivity index (χ1) is 15.6. The summed E-state index contributed by atoms with van der Waals surface area (Å²) in [6.45, 7) is 12.8. The largest absolute Gasteiger partial charge is 0.472 e. The van der Waals surface area contributed by atoms with Crippen molar-refractivity contribution in [2.45, 2.75) is 71.3 Å². The molecule has 0 unspecified atom stereocenters. The molecule has 0 radical (unpaired) electrons. The van der Waals surface area contributed by atoms with E-state index in [2.05, 4.69) is 52.8 Å². The molecule has 2 aromatic rings. The summed E-state index contributed by atoms with van der Waals surface area (Å²) in [4.78, 5) is 7.86. The maximum absolute atomic E-state index is 5.26. The second-order valence-corrected chi connectivity index (χ2v) is 11.1. The molecule has 4 nitrogen and oxygen atoms in total. The predicted octanol–water partition coefficient (Wildman–Crippen LogP) is 6.28. The first-order valence-electron chi connectivity index (χ1n) is 12.9. The van der Waals surface area contributed by atoms with Gasteiger partial charge in [-0.2, -0.15) is 0 Å². The van der Waals surface area contributed by atoms with Crippen LogP contribution in [-0.4, -0.2) is 44.2 Å². The van der Waals surface area contributed by atoms with Crippen molar-refractivity contribution in [3.8, 4) is 0 Å². The third kappa shape index (κ3) is 5.01. The van der Waals surface area contributed by atoms with Gasteiger partial charge in [0.15, 0.2) is 0 Å². The normalized spacial score (nSPS) is 22.9. The van der Waals surface area contributed by atoms with Gasteiger partial charge >= 0.3 is 0 Å². The molecule has 3 heterocycles. The Hall–Kier alpha value is -1.94. The minimum Gasteiger partial charge on any atom is -0.472 e. The first kappa shape index (κ1) is 21.9. The molecule has 0 amide bonds. The fourth-order valence-electron chi connectivity index (χ4n) is 6.00. The fourth-order valence-corrected chi connectivity index (χ4v) is 6.00. The van der Waals surface area contributed by atoms with E-state index in [1.165, 1.54) is 75.0 Å². The molecule has 4 heteroatoms. The number of hydrogen-bond donors (Lipinski definition) is 0. The van der Waals surface area contributed by atoms with Crippen molar-refractivity contribution < 1.29 is 4.42 Å². The number of hydrogen-bond acceptors (Lipinski definition) is 4. The second-order valence-electron chi connectivity index (χ2n) is 11.1. The molecule has 1 aromatic heterocycles. The monoisotopic (exact) mass is 435 g/mol. The van der Waals surface area contributed by atoms with Crippen LogP contribution in [0.25, 0.3) is 0 Å². The van der Waals surface area contributed by atoms with Crippen molar-refractivity contribution in [3.05, 3.63) is 47.9 Å². The van der Waals surface area contributed by atoms with Gasteiger partial charge in [0.25, 0.3) is 0 Å². The van der Waals surface area contributed by atoms with E-state index in [0.29, 0.717) is 11.3 Å². The minimum absolute atomic E-state index is 0.514. The van der Waals surface area contributed by atoms with Crippen molar-refractivity contribution >= 4 is 11.4 Å². The molecule has 32 heavy (non-hydrogen) atoms. The van der Waals surface area contributed by atoms with Gasteiger partial charge in [0.05, 0.1) is 12.5 Å². The SMILES string of the molecule is CC1(C)CCC(c2cc(N3CCCCC3)ccc2N2CCN(Cc3ccoc3)CC2)CC1.